The smallest absolute Gasteiger partial charge is 0.0561 e. The van der Waals surface area contributed by atoms with Crippen LogP contribution in [-0.4, -0.2) is 6.21 Å². The van der Waals surface area contributed by atoms with Crippen LogP contribution in [0.4, 0.5) is 11.4 Å². The molecule has 0 aliphatic rings. The van der Waals surface area contributed by atoms with Crippen LogP contribution in [0.3, 0.4) is 0 Å². The van der Waals surface area contributed by atoms with Crippen molar-refractivity contribution in [3.05, 3.63) is 95.6 Å². The molecule has 0 radical (unpaired) electrons. The highest BCUT2D eigenvalue weighted by Crippen LogP contribution is 2.15. The minimum Gasteiger partial charge on any atom is -0.381 e. The molecule has 0 aliphatic carbocycles. The van der Waals surface area contributed by atoms with Crippen LogP contribution in [0.25, 0.3) is 0 Å². The summed E-state index contributed by atoms with van der Waals surface area (Å²) in [6, 6.07) is 26.6. The zero-order chi connectivity index (χ0) is 16.6. The third kappa shape index (κ3) is 4.46. The summed E-state index contributed by atoms with van der Waals surface area (Å²) < 4.78 is 0. The summed E-state index contributed by atoms with van der Waals surface area (Å²) in [4.78, 5) is 0. The van der Waals surface area contributed by atoms with Gasteiger partial charge in [0.15, 0.2) is 0 Å². The first kappa shape index (κ1) is 15.8. The molecule has 0 unspecified atom stereocenters. The molecular weight excluding hydrogens is 294 g/mol. The Balaban J connectivity index is 1.60. The molecule has 3 aromatic rings. The van der Waals surface area contributed by atoms with Crippen molar-refractivity contribution in [1.82, 2.24) is 0 Å². The standard InChI is InChI=1S/C21H21N3/c1-17-14-21(22-15-18-8-4-2-5-9-18)13-12-19(17)16-23-24-20-10-6-3-7-11-20/h2-14,16,22,24H,15H2,1H3/b23-16+. The van der Waals surface area contributed by atoms with Crippen molar-refractivity contribution in [1.29, 1.82) is 0 Å². The van der Waals surface area contributed by atoms with Crippen molar-refractivity contribution in [2.24, 2.45) is 5.10 Å². The molecule has 0 aromatic heterocycles. The highest BCUT2D eigenvalue weighted by molar-refractivity contribution is 5.83. The van der Waals surface area contributed by atoms with Gasteiger partial charge in [0.1, 0.15) is 0 Å². The van der Waals surface area contributed by atoms with E-state index in [0.29, 0.717) is 0 Å². The van der Waals surface area contributed by atoms with Gasteiger partial charge in [-0.2, -0.15) is 5.10 Å². The topological polar surface area (TPSA) is 36.4 Å². The number of nitrogens with one attached hydrogen (secondary N) is 2. The fourth-order valence-electron chi connectivity index (χ4n) is 2.42. The van der Waals surface area contributed by atoms with Gasteiger partial charge in [-0.1, -0.05) is 54.6 Å². The number of aryl methyl sites for hydroxylation is 1. The first-order chi connectivity index (χ1) is 11.8. The summed E-state index contributed by atoms with van der Waals surface area (Å²) in [5.74, 6) is 0. The largest absolute Gasteiger partial charge is 0.381 e. The van der Waals surface area contributed by atoms with Crippen molar-refractivity contribution < 1.29 is 0 Å². The van der Waals surface area contributed by atoms with E-state index in [-0.39, 0.29) is 0 Å². The first-order valence-corrected chi connectivity index (χ1v) is 8.04. The Kier molecular flexibility index (Phi) is 5.25. The summed E-state index contributed by atoms with van der Waals surface area (Å²) in [6.45, 7) is 2.92. The molecule has 3 nitrogen and oxygen atoms in total. The number of nitrogens with zero attached hydrogens (tertiary/aromatic N) is 1. The fourth-order valence-corrected chi connectivity index (χ4v) is 2.42. The van der Waals surface area contributed by atoms with E-state index in [9.17, 15) is 0 Å². The predicted octanol–water partition coefficient (Wildman–Crippen LogP) is 5.05. The van der Waals surface area contributed by atoms with Gasteiger partial charge in [0.05, 0.1) is 11.9 Å². The van der Waals surface area contributed by atoms with Crippen molar-refractivity contribution >= 4 is 17.6 Å². The van der Waals surface area contributed by atoms with Gasteiger partial charge in [-0.05, 0) is 47.9 Å². The number of hydrogen-bond acceptors (Lipinski definition) is 3. The molecule has 0 aliphatic heterocycles. The Morgan fingerprint density at radius 3 is 2.25 bits per heavy atom. The van der Waals surface area contributed by atoms with E-state index in [1.54, 1.807) is 0 Å². The lowest BCUT2D eigenvalue weighted by molar-refractivity contribution is 1.15. The molecule has 0 heterocycles. The lowest BCUT2D eigenvalue weighted by atomic mass is 10.1. The lowest BCUT2D eigenvalue weighted by Gasteiger charge is -2.09. The summed E-state index contributed by atoms with van der Waals surface area (Å²) in [5, 5.41) is 7.75. The third-order valence-electron chi connectivity index (χ3n) is 3.78. The van der Waals surface area contributed by atoms with Crippen LogP contribution in [0, 0.1) is 6.92 Å². The second-order valence-corrected chi connectivity index (χ2v) is 5.65. The number of rotatable bonds is 6. The molecule has 24 heavy (non-hydrogen) atoms. The van der Waals surface area contributed by atoms with E-state index in [4.69, 9.17) is 0 Å². The summed E-state index contributed by atoms with van der Waals surface area (Å²) in [7, 11) is 0. The molecule has 3 rings (SSSR count). The molecule has 3 heteroatoms. The Morgan fingerprint density at radius 1 is 0.833 bits per heavy atom. The van der Waals surface area contributed by atoms with E-state index >= 15 is 0 Å². The van der Waals surface area contributed by atoms with Crippen LogP contribution in [0.5, 0.6) is 0 Å². The van der Waals surface area contributed by atoms with Crippen LogP contribution in [-0.2, 0) is 6.54 Å². The summed E-state index contributed by atoms with van der Waals surface area (Å²) in [6.07, 6.45) is 1.85. The molecule has 120 valence electrons. The molecule has 0 saturated carbocycles. The Hall–Kier alpha value is -3.07. The Bertz CT molecular complexity index is 796. The summed E-state index contributed by atoms with van der Waals surface area (Å²) in [5.41, 5.74) is 8.69. The minimum atomic E-state index is 0.823. The lowest BCUT2D eigenvalue weighted by Crippen LogP contribution is -2.00. The van der Waals surface area contributed by atoms with E-state index in [1.807, 2.05) is 42.6 Å². The second kappa shape index (κ2) is 7.97. The van der Waals surface area contributed by atoms with Gasteiger partial charge in [-0.25, -0.2) is 0 Å². The van der Waals surface area contributed by atoms with Gasteiger partial charge in [0.25, 0.3) is 0 Å². The van der Waals surface area contributed by atoms with Crippen LogP contribution >= 0.6 is 0 Å². The predicted molar refractivity (Wildman–Crippen MR) is 103 cm³/mol. The van der Waals surface area contributed by atoms with Gasteiger partial charge in [0.2, 0.25) is 0 Å². The number of benzene rings is 3. The number of hydrazone groups is 1. The van der Waals surface area contributed by atoms with Crippen molar-refractivity contribution in [2.45, 2.75) is 13.5 Å². The molecule has 0 bridgehead atoms. The molecule has 3 aromatic carbocycles. The number of para-hydroxylation sites is 1. The van der Waals surface area contributed by atoms with Crippen molar-refractivity contribution in [2.75, 3.05) is 10.7 Å². The van der Waals surface area contributed by atoms with E-state index in [0.717, 1.165) is 23.5 Å². The zero-order valence-electron chi connectivity index (χ0n) is 13.7. The zero-order valence-corrected chi connectivity index (χ0v) is 13.7. The van der Waals surface area contributed by atoms with Gasteiger partial charge in [0, 0.05) is 12.2 Å². The van der Waals surface area contributed by atoms with Gasteiger partial charge >= 0.3 is 0 Å². The maximum absolute atomic E-state index is 4.30. The number of anilines is 2. The van der Waals surface area contributed by atoms with Gasteiger partial charge in [-0.3, -0.25) is 5.43 Å². The maximum Gasteiger partial charge on any atom is 0.0561 e. The summed E-state index contributed by atoms with van der Waals surface area (Å²) >= 11 is 0. The Morgan fingerprint density at radius 2 is 1.54 bits per heavy atom. The van der Waals surface area contributed by atoms with Crippen LogP contribution in [0.15, 0.2) is 84.0 Å². The molecule has 2 N–H and O–H groups in total. The fraction of sp³-hybridized carbons (Fsp3) is 0.0952. The SMILES string of the molecule is Cc1cc(NCc2ccccc2)ccc1/C=N/Nc1ccccc1. The normalized spacial score (nSPS) is 10.7. The third-order valence-corrected chi connectivity index (χ3v) is 3.78. The second-order valence-electron chi connectivity index (χ2n) is 5.65. The highest BCUT2D eigenvalue weighted by atomic mass is 15.3. The molecule has 0 spiro atoms. The maximum atomic E-state index is 4.30. The molecular formula is C21H21N3. The van der Waals surface area contributed by atoms with Crippen molar-refractivity contribution in [3.63, 3.8) is 0 Å². The average Bonchev–Trinajstić information content (AvgIpc) is 2.63. The molecule has 0 fully saturated rings. The van der Waals surface area contributed by atoms with E-state index in [2.05, 4.69) is 65.2 Å². The highest BCUT2D eigenvalue weighted by Gasteiger charge is 1.99. The molecule has 0 atom stereocenters. The van der Waals surface area contributed by atoms with Crippen LogP contribution in [0.1, 0.15) is 16.7 Å². The Labute approximate surface area is 143 Å². The van der Waals surface area contributed by atoms with Gasteiger partial charge in [-0.15, -0.1) is 0 Å². The van der Waals surface area contributed by atoms with Crippen LogP contribution < -0.4 is 10.7 Å². The van der Waals surface area contributed by atoms with Crippen LogP contribution in [0.2, 0.25) is 0 Å². The minimum absolute atomic E-state index is 0.823. The van der Waals surface area contributed by atoms with Gasteiger partial charge < -0.3 is 5.32 Å². The monoisotopic (exact) mass is 315 g/mol. The van der Waals surface area contributed by atoms with Crippen molar-refractivity contribution in [3.8, 4) is 0 Å². The quantitative estimate of drug-likeness (QED) is 0.493. The van der Waals surface area contributed by atoms with E-state index < -0.39 is 0 Å². The average molecular weight is 315 g/mol. The molecule has 0 amide bonds. The van der Waals surface area contributed by atoms with E-state index in [1.165, 1.54) is 11.1 Å². The number of hydrogen-bond donors (Lipinski definition) is 2. The first-order valence-electron chi connectivity index (χ1n) is 8.04. The molecule has 0 saturated heterocycles.